The molecule has 0 amide bonds. The molecule has 0 saturated carbocycles. The van der Waals surface area contributed by atoms with E-state index >= 15 is 0 Å². The summed E-state index contributed by atoms with van der Waals surface area (Å²) >= 11 is 3.97. The van der Waals surface area contributed by atoms with Gasteiger partial charge in [-0.05, 0) is 45.4 Å². The van der Waals surface area contributed by atoms with Gasteiger partial charge in [0.1, 0.15) is 0 Å². The lowest BCUT2D eigenvalue weighted by Gasteiger charge is -2.36. The Morgan fingerprint density at radius 3 is 1.42 bits per heavy atom. The maximum atomic E-state index is 3.34. The van der Waals surface area contributed by atoms with Crippen LogP contribution in [-0.2, 0) is 0 Å². The Bertz CT molecular complexity index is 971. The largest absolute Gasteiger partial charge is 0.145 e. The summed E-state index contributed by atoms with van der Waals surface area (Å²) in [5.74, 6) is 0. The third kappa shape index (κ3) is 2.89. The van der Waals surface area contributed by atoms with E-state index in [-0.39, 0.29) is 0 Å². The molecule has 2 aliphatic carbocycles. The Balaban J connectivity index is 1.68. The molecule has 2 aromatic rings. The zero-order valence-electron chi connectivity index (χ0n) is 15.6. The van der Waals surface area contributed by atoms with Crippen LogP contribution < -0.4 is 9.00 Å². The minimum atomic E-state index is -1.57. The van der Waals surface area contributed by atoms with Gasteiger partial charge in [-0.3, -0.25) is 0 Å². The Morgan fingerprint density at radius 1 is 0.654 bits per heavy atom. The molecule has 0 unspecified atom stereocenters. The van der Waals surface area contributed by atoms with Crippen LogP contribution in [0.2, 0.25) is 26.2 Å². The van der Waals surface area contributed by atoms with Gasteiger partial charge in [0.05, 0.1) is 15.2 Å². The molecule has 0 aliphatic heterocycles. The third-order valence-corrected chi connectivity index (χ3v) is 29.3. The van der Waals surface area contributed by atoms with Gasteiger partial charge in [-0.25, -0.2) is 0 Å². The van der Waals surface area contributed by atoms with E-state index < -0.39 is 15.2 Å². The second-order valence-corrected chi connectivity index (χ2v) is 25.7. The smallest absolute Gasteiger partial charge is 0.0927 e. The molecule has 0 fully saturated rings. The van der Waals surface area contributed by atoms with E-state index in [2.05, 4.69) is 86.2 Å². The first-order valence-corrected chi connectivity index (χ1v) is 17.5. The fourth-order valence-electron chi connectivity index (χ4n) is 3.22. The van der Waals surface area contributed by atoms with Gasteiger partial charge in [-0.1, -0.05) is 50.5 Å². The summed E-state index contributed by atoms with van der Waals surface area (Å²) < 4.78 is 3.24. The Morgan fingerprint density at radius 2 is 1.08 bits per heavy atom. The van der Waals surface area contributed by atoms with E-state index in [9.17, 15) is 0 Å². The highest BCUT2D eigenvalue weighted by molar-refractivity contribution is 7.58. The molecule has 2 aliphatic rings. The molecule has 0 radical (unpaired) electrons. The van der Waals surface area contributed by atoms with Crippen molar-refractivity contribution < 1.29 is 0 Å². The highest BCUT2D eigenvalue weighted by Crippen LogP contribution is 2.30. The van der Waals surface area contributed by atoms with E-state index in [1.54, 1.807) is 9.00 Å². The SMILES string of the molecule is C[Si](C)(c1ccc(C2=C=CC=C2)s1)[Si](C)(C)c1ccc(C2=C=CC=C2)s1. The quantitative estimate of drug-likeness (QED) is 0.445. The van der Waals surface area contributed by atoms with Gasteiger partial charge in [0.15, 0.2) is 0 Å². The molecule has 0 spiro atoms. The van der Waals surface area contributed by atoms with E-state index in [1.165, 1.54) is 20.9 Å². The average Bonchev–Trinajstić information content (AvgIpc) is 3.43. The van der Waals surface area contributed by atoms with Gasteiger partial charge in [-0.15, -0.1) is 34.1 Å². The molecule has 0 N–H and O–H groups in total. The van der Waals surface area contributed by atoms with Crippen molar-refractivity contribution in [3.8, 4) is 0 Å². The first-order valence-electron chi connectivity index (χ1n) is 8.88. The molecule has 2 aromatic heterocycles. The fraction of sp³-hybridized carbons (Fsp3) is 0.182. The van der Waals surface area contributed by atoms with E-state index in [1.807, 2.05) is 34.8 Å². The lowest BCUT2D eigenvalue weighted by Crippen LogP contribution is -2.67. The number of hydrogen-bond acceptors (Lipinski definition) is 2. The summed E-state index contributed by atoms with van der Waals surface area (Å²) in [5, 5.41) is 0. The summed E-state index contributed by atoms with van der Waals surface area (Å²) in [6, 6.07) is 9.37. The standard InChI is InChI=1S/C22H22S2Si2/c1-25(2,21-15-13-19(23-21)17-9-5-6-10-17)26(3,4)22-16-14-20(24-22)18-11-7-8-12-18/h5-9,11,13-16H,1-4H3. The lowest BCUT2D eigenvalue weighted by molar-refractivity contribution is 1.80. The molecular weight excluding hydrogens is 385 g/mol. The van der Waals surface area contributed by atoms with Crippen LogP contribution in [0.5, 0.6) is 0 Å². The number of allylic oxidation sites excluding steroid dienone is 6. The van der Waals surface area contributed by atoms with Crippen LogP contribution >= 0.6 is 22.7 Å². The van der Waals surface area contributed by atoms with Crippen molar-refractivity contribution in [1.29, 1.82) is 0 Å². The monoisotopic (exact) mass is 406 g/mol. The molecule has 0 aromatic carbocycles. The van der Waals surface area contributed by atoms with Gasteiger partial charge in [-0.2, -0.15) is 0 Å². The minimum Gasteiger partial charge on any atom is -0.145 e. The number of thiophene rings is 2. The second kappa shape index (κ2) is 6.51. The molecular formula is C22H22S2Si2. The van der Waals surface area contributed by atoms with Crippen LogP contribution in [0, 0.1) is 0 Å². The minimum absolute atomic E-state index is 1.23. The average molecular weight is 407 g/mol. The van der Waals surface area contributed by atoms with Crippen LogP contribution in [0.4, 0.5) is 0 Å². The molecule has 4 rings (SSSR count). The zero-order valence-corrected chi connectivity index (χ0v) is 19.2. The third-order valence-electron chi connectivity index (χ3n) is 5.73. The van der Waals surface area contributed by atoms with E-state index in [0.29, 0.717) is 0 Å². The van der Waals surface area contributed by atoms with Crippen LogP contribution in [0.3, 0.4) is 0 Å². The predicted octanol–water partition coefficient (Wildman–Crippen LogP) is 5.64. The van der Waals surface area contributed by atoms with Gasteiger partial charge in [0.2, 0.25) is 0 Å². The Labute approximate surface area is 165 Å². The summed E-state index contributed by atoms with van der Waals surface area (Å²) in [7, 11) is -3.13. The number of hydrogen-bond donors (Lipinski definition) is 0. The highest BCUT2D eigenvalue weighted by atomic mass is 32.1. The fourth-order valence-corrected chi connectivity index (χ4v) is 19.4. The van der Waals surface area contributed by atoms with Crippen LogP contribution in [0.15, 0.2) is 72.2 Å². The zero-order chi connectivity index (χ0) is 18.4. The molecule has 0 atom stereocenters. The number of rotatable bonds is 5. The van der Waals surface area contributed by atoms with E-state index in [4.69, 9.17) is 0 Å². The normalized spacial score (nSPS) is 15.8. The van der Waals surface area contributed by atoms with Crippen LogP contribution in [-0.4, -0.2) is 15.2 Å². The maximum absolute atomic E-state index is 3.34. The van der Waals surface area contributed by atoms with Gasteiger partial charge in [0.25, 0.3) is 0 Å². The first kappa shape index (κ1) is 17.8. The van der Waals surface area contributed by atoms with Crippen molar-refractivity contribution >= 4 is 58.0 Å². The van der Waals surface area contributed by atoms with E-state index in [0.717, 1.165) is 0 Å². The molecule has 4 heteroatoms. The highest BCUT2D eigenvalue weighted by Gasteiger charge is 2.45. The second-order valence-electron chi connectivity index (χ2n) is 7.75. The molecule has 0 nitrogen and oxygen atoms in total. The van der Waals surface area contributed by atoms with Crippen molar-refractivity contribution in [1.82, 2.24) is 0 Å². The van der Waals surface area contributed by atoms with Crippen molar-refractivity contribution in [2.24, 2.45) is 0 Å². The molecule has 0 bridgehead atoms. The lowest BCUT2D eigenvalue weighted by atomic mass is 10.2. The van der Waals surface area contributed by atoms with Crippen LogP contribution in [0.25, 0.3) is 11.1 Å². The first-order chi connectivity index (χ1) is 12.4. The molecule has 0 saturated heterocycles. The predicted molar refractivity (Wildman–Crippen MR) is 124 cm³/mol. The topological polar surface area (TPSA) is 0 Å². The Hall–Kier alpha value is -1.65. The summed E-state index contributed by atoms with van der Waals surface area (Å²) in [4.78, 5) is 2.71. The maximum Gasteiger partial charge on any atom is 0.0927 e. The summed E-state index contributed by atoms with van der Waals surface area (Å²) in [6.07, 6.45) is 12.5. The van der Waals surface area contributed by atoms with Crippen molar-refractivity contribution in [3.63, 3.8) is 0 Å². The van der Waals surface area contributed by atoms with Gasteiger partial charge < -0.3 is 0 Å². The van der Waals surface area contributed by atoms with Crippen LogP contribution in [0.1, 0.15) is 9.75 Å². The Kier molecular flexibility index (Phi) is 4.44. The molecule has 130 valence electrons. The molecule has 26 heavy (non-hydrogen) atoms. The van der Waals surface area contributed by atoms with Crippen molar-refractivity contribution in [2.45, 2.75) is 26.2 Å². The summed E-state index contributed by atoms with van der Waals surface area (Å²) in [6.45, 7) is 10.3. The van der Waals surface area contributed by atoms with Gasteiger partial charge in [0, 0.05) is 20.9 Å². The summed E-state index contributed by atoms with van der Waals surface area (Å²) in [5.41, 5.74) is 9.15. The van der Waals surface area contributed by atoms with Crippen molar-refractivity contribution in [3.05, 3.63) is 81.9 Å². The van der Waals surface area contributed by atoms with Gasteiger partial charge >= 0.3 is 0 Å². The van der Waals surface area contributed by atoms with Crippen molar-refractivity contribution in [2.75, 3.05) is 0 Å². The molecule has 2 heterocycles.